The van der Waals surface area contributed by atoms with Gasteiger partial charge >= 0.3 is 0 Å². The molecule has 1 fully saturated rings. The van der Waals surface area contributed by atoms with Gasteiger partial charge in [-0.2, -0.15) is 0 Å². The maximum absolute atomic E-state index is 12.0. The summed E-state index contributed by atoms with van der Waals surface area (Å²) in [6.45, 7) is 0.585. The Bertz CT molecular complexity index is 455. The zero-order chi connectivity index (χ0) is 13.2. The van der Waals surface area contributed by atoms with Crippen molar-refractivity contribution in [1.29, 1.82) is 0 Å². The molecule has 1 aliphatic carbocycles. The van der Waals surface area contributed by atoms with Gasteiger partial charge in [0, 0.05) is 16.6 Å². The van der Waals surface area contributed by atoms with Crippen LogP contribution in [0.1, 0.15) is 25.7 Å². The smallest absolute Gasteiger partial charge is 0.224 e. The van der Waals surface area contributed by atoms with Crippen LogP contribution >= 0.6 is 27.5 Å². The number of benzene rings is 1. The normalized spacial score (nSPS) is 17.1. The largest absolute Gasteiger partial charge is 0.330 e. The predicted molar refractivity (Wildman–Crippen MR) is 77.7 cm³/mol. The molecule has 0 unspecified atom stereocenters. The molecule has 98 valence electrons. The molecule has 3 nitrogen and oxygen atoms in total. The van der Waals surface area contributed by atoms with Crippen molar-refractivity contribution < 1.29 is 4.79 Å². The minimum atomic E-state index is 0.0125. The van der Waals surface area contributed by atoms with Crippen LogP contribution in [-0.4, -0.2) is 12.5 Å². The highest BCUT2D eigenvalue weighted by atomic mass is 79.9. The number of halogens is 2. The number of rotatable bonds is 4. The van der Waals surface area contributed by atoms with Crippen molar-refractivity contribution in [2.24, 2.45) is 11.1 Å². The lowest BCUT2D eigenvalue weighted by Gasteiger charge is -2.40. The van der Waals surface area contributed by atoms with Crippen molar-refractivity contribution in [3.05, 3.63) is 27.7 Å². The molecule has 18 heavy (non-hydrogen) atoms. The van der Waals surface area contributed by atoms with Gasteiger partial charge in [0.05, 0.1) is 5.02 Å². The molecule has 0 aromatic heterocycles. The van der Waals surface area contributed by atoms with Crippen molar-refractivity contribution in [3.8, 4) is 0 Å². The molecule has 0 saturated heterocycles. The standard InChI is InChI=1S/C13H16BrClN2O/c14-10-3-2-9(6-11(10)15)17-12(18)7-13(8-16)4-1-5-13/h2-3,6H,1,4-5,7-8,16H2,(H,17,18). The molecule has 1 amide bonds. The average molecular weight is 332 g/mol. The maximum Gasteiger partial charge on any atom is 0.224 e. The molecule has 0 heterocycles. The molecule has 0 bridgehead atoms. The van der Waals surface area contributed by atoms with Crippen LogP contribution < -0.4 is 11.1 Å². The van der Waals surface area contributed by atoms with E-state index in [0.29, 0.717) is 18.0 Å². The fraction of sp³-hybridized carbons (Fsp3) is 0.462. The lowest BCUT2D eigenvalue weighted by molar-refractivity contribution is -0.119. The van der Waals surface area contributed by atoms with Gasteiger partial charge in [-0.05, 0) is 58.9 Å². The van der Waals surface area contributed by atoms with E-state index in [2.05, 4.69) is 21.2 Å². The lowest BCUT2D eigenvalue weighted by Crippen LogP contribution is -2.40. The topological polar surface area (TPSA) is 55.1 Å². The second kappa shape index (κ2) is 5.59. The number of nitrogens with one attached hydrogen (secondary N) is 1. The highest BCUT2D eigenvalue weighted by molar-refractivity contribution is 9.10. The van der Waals surface area contributed by atoms with Crippen LogP contribution in [0.15, 0.2) is 22.7 Å². The Kier molecular flexibility index (Phi) is 4.30. The highest BCUT2D eigenvalue weighted by Gasteiger charge is 2.37. The first-order valence-electron chi connectivity index (χ1n) is 6.00. The van der Waals surface area contributed by atoms with Gasteiger partial charge in [-0.15, -0.1) is 0 Å². The number of anilines is 1. The average Bonchev–Trinajstić information content (AvgIpc) is 2.29. The monoisotopic (exact) mass is 330 g/mol. The van der Waals surface area contributed by atoms with E-state index in [0.717, 1.165) is 23.0 Å². The predicted octanol–water partition coefficient (Wildman–Crippen LogP) is 3.56. The van der Waals surface area contributed by atoms with Crippen molar-refractivity contribution >= 4 is 39.1 Å². The Hall–Kier alpha value is -0.580. The van der Waals surface area contributed by atoms with E-state index in [1.54, 1.807) is 6.07 Å². The van der Waals surface area contributed by atoms with Crippen LogP contribution in [0.2, 0.25) is 5.02 Å². The molecule has 0 aliphatic heterocycles. The molecule has 1 saturated carbocycles. The van der Waals surface area contributed by atoms with Crippen LogP contribution in [0, 0.1) is 5.41 Å². The molecule has 1 aliphatic rings. The van der Waals surface area contributed by atoms with Gasteiger partial charge in [-0.25, -0.2) is 0 Å². The van der Waals surface area contributed by atoms with Gasteiger partial charge in [0.2, 0.25) is 5.91 Å². The third kappa shape index (κ3) is 3.05. The molecular formula is C13H16BrClN2O. The first-order chi connectivity index (χ1) is 8.54. The summed E-state index contributed by atoms with van der Waals surface area (Å²) in [5.41, 5.74) is 6.50. The Morgan fingerprint density at radius 2 is 2.22 bits per heavy atom. The molecule has 0 atom stereocenters. The van der Waals surface area contributed by atoms with E-state index in [4.69, 9.17) is 17.3 Å². The molecule has 0 radical (unpaired) electrons. The summed E-state index contributed by atoms with van der Waals surface area (Å²) < 4.78 is 0.819. The first-order valence-corrected chi connectivity index (χ1v) is 7.17. The minimum absolute atomic E-state index is 0.0125. The number of amides is 1. The number of carbonyl (C=O) groups is 1. The van der Waals surface area contributed by atoms with Crippen LogP contribution in [0.5, 0.6) is 0 Å². The van der Waals surface area contributed by atoms with Crippen molar-refractivity contribution in [2.45, 2.75) is 25.7 Å². The highest BCUT2D eigenvalue weighted by Crippen LogP contribution is 2.43. The fourth-order valence-corrected chi connectivity index (χ4v) is 2.68. The van der Waals surface area contributed by atoms with Crippen molar-refractivity contribution in [3.63, 3.8) is 0 Å². The second-order valence-corrected chi connectivity index (χ2v) is 6.17. The summed E-state index contributed by atoms with van der Waals surface area (Å²) in [7, 11) is 0. The Balaban J connectivity index is 1.96. The Morgan fingerprint density at radius 3 is 2.72 bits per heavy atom. The van der Waals surface area contributed by atoms with E-state index < -0.39 is 0 Å². The van der Waals surface area contributed by atoms with E-state index in [9.17, 15) is 4.79 Å². The summed E-state index contributed by atoms with van der Waals surface area (Å²) >= 11 is 9.29. The zero-order valence-corrected chi connectivity index (χ0v) is 12.4. The number of hydrogen-bond donors (Lipinski definition) is 2. The minimum Gasteiger partial charge on any atom is -0.330 e. The summed E-state index contributed by atoms with van der Waals surface area (Å²) in [5.74, 6) is 0.0125. The van der Waals surface area contributed by atoms with Crippen molar-refractivity contribution in [1.82, 2.24) is 0 Å². The lowest BCUT2D eigenvalue weighted by atomic mass is 9.66. The first kappa shape index (κ1) is 13.8. The third-order valence-electron chi connectivity index (χ3n) is 3.59. The summed E-state index contributed by atoms with van der Waals surface area (Å²) in [6, 6.07) is 5.38. The van der Waals surface area contributed by atoms with Crippen molar-refractivity contribution in [2.75, 3.05) is 11.9 Å². The zero-order valence-electron chi connectivity index (χ0n) is 10.0. The van der Waals surface area contributed by atoms with Crippen LogP contribution in [-0.2, 0) is 4.79 Å². The molecule has 1 aromatic rings. The number of hydrogen-bond acceptors (Lipinski definition) is 2. The SMILES string of the molecule is NCC1(CC(=O)Nc2ccc(Br)c(Cl)c2)CCC1. The summed E-state index contributed by atoms with van der Waals surface area (Å²) in [6.07, 6.45) is 3.78. The molecule has 2 rings (SSSR count). The quantitative estimate of drug-likeness (QED) is 0.886. The van der Waals surface area contributed by atoms with E-state index >= 15 is 0 Å². The molecular weight excluding hydrogens is 316 g/mol. The van der Waals surface area contributed by atoms with Crippen LogP contribution in [0.25, 0.3) is 0 Å². The van der Waals surface area contributed by atoms with Gasteiger partial charge in [-0.1, -0.05) is 18.0 Å². The number of carbonyl (C=O) groups excluding carboxylic acids is 1. The van der Waals surface area contributed by atoms with Crippen LogP contribution in [0.4, 0.5) is 5.69 Å². The molecule has 5 heteroatoms. The number of nitrogens with two attached hydrogens (primary N) is 1. The van der Waals surface area contributed by atoms with E-state index in [1.165, 1.54) is 6.42 Å². The Labute approximate surface area is 120 Å². The maximum atomic E-state index is 12.0. The van der Waals surface area contributed by atoms with Gasteiger partial charge in [-0.3, -0.25) is 4.79 Å². The van der Waals surface area contributed by atoms with Gasteiger partial charge in [0.25, 0.3) is 0 Å². The second-order valence-electron chi connectivity index (χ2n) is 4.91. The van der Waals surface area contributed by atoms with E-state index in [-0.39, 0.29) is 11.3 Å². The van der Waals surface area contributed by atoms with Crippen LogP contribution in [0.3, 0.4) is 0 Å². The third-order valence-corrected chi connectivity index (χ3v) is 4.82. The van der Waals surface area contributed by atoms with Gasteiger partial charge < -0.3 is 11.1 Å². The molecule has 1 aromatic carbocycles. The Morgan fingerprint density at radius 1 is 1.50 bits per heavy atom. The van der Waals surface area contributed by atoms with Gasteiger partial charge in [0.15, 0.2) is 0 Å². The fourth-order valence-electron chi connectivity index (χ4n) is 2.25. The molecule has 0 spiro atoms. The van der Waals surface area contributed by atoms with E-state index in [1.807, 2.05) is 12.1 Å². The summed E-state index contributed by atoms with van der Waals surface area (Å²) in [4.78, 5) is 12.0. The van der Waals surface area contributed by atoms with Gasteiger partial charge in [0.1, 0.15) is 0 Å². The molecule has 3 N–H and O–H groups in total. The summed E-state index contributed by atoms with van der Waals surface area (Å²) in [5, 5.41) is 3.46.